The third-order valence-corrected chi connectivity index (χ3v) is 3.98. The molecule has 3 N–H and O–H groups in total. The smallest absolute Gasteiger partial charge is 0.306 e. The standard InChI is InChI=1S/C10H21N3O5S/c1-13(8-6-10(15)18-2)19(16,17)12-7-4-3-5-9(11)14/h12H,3-8H2,1-2H3,(H2,11,14). The van der Waals surface area contributed by atoms with Crippen LogP contribution in [0.5, 0.6) is 0 Å². The minimum Gasteiger partial charge on any atom is -0.469 e. The molecular weight excluding hydrogens is 274 g/mol. The maximum absolute atomic E-state index is 11.7. The van der Waals surface area contributed by atoms with Gasteiger partial charge in [-0.3, -0.25) is 9.59 Å². The molecule has 112 valence electrons. The van der Waals surface area contributed by atoms with Gasteiger partial charge in [0.05, 0.1) is 13.5 Å². The van der Waals surface area contributed by atoms with Crippen molar-refractivity contribution < 1.29 is 22.7 Å². The molecule has 0 saturated heterocycles. The number of hydrogen-bond acceptors (Lipinski definition) is 5. The highest BCUT2D eigenvalue weighted by Crippen LogP contribution is 1.99. The predicted molar refractivity (Wildman–Crippen MR) is 69.2 cm³/mol. The zero-order chi connectivity index (χ0) is 14.9. The predicted octanol–water partition coefficient (Wildman–Crippen LogP) is -1.03. The second-order valence-corrected chi connectivity index (χ2v) is 5.83. The number of esters is 1. The van der Waals surface area contributed by atoms with Gasteiger partial charge in [-0.05, 0) is 12.8 Å². The monoisotopic (exact) mass is 295 g/mol. The maximum Gasteiger partial charge on any atom is 0.306 e. The Bertz CT molecular complexity index is 396. The number of nitrogens with zero attached hydrogens (tertiary/aromatic N) is 1. The van der Waals surface area contributed by atoms with Crippen molar-refractivity contribution in [2.45, 2.75) is 25.7 Å². The fourth-order valence-corrected chi connectivity index (χ4v) is 2.16. The number of amides is 1. The molecule has 0 fully saturated rings. The first-order chi connectivity index (χ1) is 8.79. The highest BCUT2D eigenvalue weighted by Gasteiger charge is 2.17. The number of ether oxygens (including phenoxy) is 1. The summed E-state index contributed by atoms with van der Waals surface area (Å²) in [6.45, 7) is 0.265. The number of nitrogens with one attached hydrogen (secondary N) is 1. The second-order valence-electron chi connectivity index (χ2n) is 3.97. The SMILES string of the molecule is COC(=O)CCN(C)S(=O)(=O)NCCCCC(N)=O. The molecule has 0 radical (unpaired) electrons. The van der Waals surface area contributed by atoms with Crippen LogP contribution in [0, 0.1) is 0 Å². The first-order valence-corrected chi connectivity index (χ1v) is 7.29. The summed E-state index contributed by atoms with van der Waals surface area (Å²) in [5.74, 6) is -0.874. The van der Waals surface area contributed by atoms with E-state index in [1.54, 1.807) is 0 Å². The third-order valence-electron chi connectivity index (χ3n) is 2.40. The van der Waals surface area contributed by atoms with Crippen LogP contribution in [0.25, 0.3) is 0 Å². The molecule has 1 amide bonds. The van der Waals surface area contributed by atoms with E-state index in [0.29, 0.717) is 12.8 Å². The van der Waals surface area contributed by atoms with Gasteiger partial charge in [0, 0.05) is 26.6 Å². The summed E-state index contributed by atoms with van der Waals surface area (Å²) in [5.41, 5.74) is 4.96. The van der Waals surface area contributed by atoms with Crippen LogP contribution < -0.4 is 10.5 Å². The summed E-state index contributed by atoms with van der Waals surface area (Å²) in [4.78, 5) is 21.4. The lowest BCUT2D eigenvalue weighted by atomic mass is 10.2. The van der Waals surface area contributed by atoms with E-state index in [2.05, 4.69) is 9.46 Å². The largest absolute Gasteiger partial charge is 0.469 e. The van der Waals surface area contributed by atoms with Gasteiger partial charge in [-0.1, -0.05) is 0 Å². The fraction of sp³-hybridized carbons (Fsp3) is 0.800. The van der Waals surface area contributed by atoms with Gasteiger partial charge in [0.2, 0.25) is 5.91 Å². The summed E-state index contributed by atoms with van der Waals surface area (Å²) in [6.07, 6.45) is 1.28. The van der Waals surface area contributed by atoms with E-state index in [4.69, 9.17) is 5.73 Å². The van der Waals surface area contributed by atoms with E-state index in [1.807, 2.05) is 0 Å². The zero-order valence-electron chi connectivity index (χ0n) is 11.2. The van der Waals surface area contributed by atoms with Crippen molar-refractivity contribution in [1.82, 2.24) is 9.03 Å². The zero-order valence-corrected chi connectivity index (χ0v) is 12.0. The Balaban J connectivity index is 3.95. The van der Waals surface area contributed by atoms with E-state index < -0.39 is 22.1 Å². The van der Waals surface area contributed by atoms with Gasteiger partial charge in [0.1, 0.15) is 0 Å². The van der Waals surface area contributed by atoms with Gasteiger partial charge in [-0.15, -0.1) is 0 Å². The fourth-order valence-electron chi connectivity index (χ4n) is 1.21. The third kappa shape index (κ3) is 8.51. The number of methoxy groups -OCH3 is 1. The lowest BCUT2D eigenvalue weighted by Crippen LogP contribution is -2.39. The van der Waals surface area contributed by atoms with Crippen LogP contribution in [0.1, 0.15) is 25.7 Å². The molecule has 9 heteroatoms. The molecule has 0 aliphatic carbocycles. The van der Waals surface area contributed by atoms with Crippen molar-refractivity contribution in [2.24, 2.45) is 5.73 Å². The molecule has 0 aliphatic rings. The van der Waals surface area contributed by atoms with E-state index in [1.165, 1.54) is 14.2 Å². The Labute approximate surface area is 113 Å². The molecule has 0 aromatic rings. The number of carbonyl (C=O) groups excluding carboxylic acids is 2. The Morgan fingerprint density at radius 2 is 1.89 bits per heavy atom. The van der Waals surface area contributed by atoms with Crippen LogP contribution in [0.4, 0.5) is 0 Å². The Kier molecular flexibility index (Phi) is 8.28. The van der Waals surface area contributed by atoms with Gasteiger partial charge in [-0.25, -0.2) is 4.72 Å². The summed E-state index contributed by atoms with van der Waals surface area (Å²) < 4.78 is 31.2. The van der Waals surface area contributed by atoms with Gasteiger partial charge in [0.15, 0.2) is 0 Å². The molecule has 0 heterocycles. The molecule has 0 aromatic heterocycles. The van der Waals surface area contributed by atoms with Gasteiger partial charge < -0.3 is 10.5 Å². The molecule has 0 bridgehead atoms. The summed E-state index contributed by atoms with van der Waals surface area (Å²) >= 11 is 0. The van der Waals surface area contributed by atoms with Crippen molar-refractivity contribution in [3.63, 3.8) is 0 Å². The minimum absolute atomic E-state index is 0.00438. The van der Waals surface area contributed by atoms with Crippen LogP contribution in [-0.4, -0.2) is 51.8 Å². The lowest BCUT2D eigenvalue weighted by Gasteiger charge is -2.16. The minimum atomic E-state index is -3.61. The molecule has 0 atom stereocenters. The number of hydrogen-bond donors (Lipinski definition) is 2. The Hall–Kier alpha value is -1.19. The lowest BCUT2D eigenvalue weighted by molar-refractivity contribution is -0.140. The molecular formula is C10H21N3O5S. The van der Waals surface area contributed by atoms with Crippen LogP contribution in [0.3, 0.4) is 0 Å². The average molecular weight is 295 g/mol. The molecule has 0 aromatic carbocycles. The molecule has 19 heavy (non-hydrogen) atoms. The van der Waals surface area contributed by atoms with Crippen LogP contribution in [-0.2, 0) is 24.5 Å². The van der Waals surface area contributed by atoms with Crippen molar-refractivity contribution in [3.8, 4) is 0 Å². The first-order valence-electron chi connectivity index (χ1n) is 5.85. The highest BCUT2D eigenvalue weighted by atomic mass is 32.2. The summed E-state index contributed by atoms with van der Waals surface area (Å²) in [5, 5.41) is 0. The van der Waals surface area contributed by atoms with Gasteiger partial charge >= 0.3 is 5.97 Å². The van der Waals surface area contributed by atoms with E-state index >= 15 is 0 Å². The molecule has 0 spiro atoms. The van der Waals surface area contributed by atoms with Gasteiger partial charge in [0.25, 0.3) is 10.2 Å². The summed E-state index contributed by atoms with van der Waals surface area (Å²) in [6, 6.07) is 0. The summed E-state index contributed by atoms with van der Waals surface area (Å²) in [7, 11) is -0.992. The van der Waals surface area contributed by atoms with E-state index in [9.17, 15) is 18.0 Å². The van der Waals surface area contributed by atoms with Crippen LogP contribution in [0.2, 0.25) is 0 Å². The van der Waals surface area contributed by atoms with Crippen LogP contribution in [0.15, 0.2) is 0 Å². The van der Waals surface area contributed by atoms with Crippen molar-refractivity contribution in [3.05, 3.63) is 0 Å². The average Bonchev–Trinajstić information content (AvgIpc) is 2.34. The Morgan fingerprint density at radius 1 is 1.26 bits per heavy atom. The second kappa shape index (κ2) is 8.83. The van der Waals surface area contributed by atoms with Gasteiger partial charge in [-0.2, -0.15) is 12.7 Å². The number of unbranched alkanes of at least 4 members (excludes halogenated alkanes) is 1. The maximum atomic E-state index is 11.7. The molecule has 8 nitrogen and oxygen atoms in total. The number of rotatable bonds is 10. The highest BCUT2D eigenvalue weighted by molar-refractivity contribution is 7.87. The van der Waals surface area contributed by atoms with E-state index in [-0.39, 0.29) is 25.9 Å². The van der Waals surface area contributed by atoms with E-state index in [0.717, 1.165) is 4.31 Å². The quantitative estimate of drug-likeness (QED) is 0.394. The molecule has 0 rings (SSSR count). The molecule has 0 unspecified atom stereocenters. The van der Waals surface area contributed by atoms with Crippen molar-refractivity contribution in [1.29, 1.82) is 0 Å². The Morgan fingerprint density at radius 3 is 2.42 bits per heavy atom. The number of nitrogens with two attached hydrogens (primary N) is 1. The normalized spacial score (nSPS) is 11.5. The number of carbonyl (C=O) groups is 2. The topological polar surface area (TPSA) is 119 Å². The molecule has 0 saturated carbocycles. The first kappa shape index (κ1) is 17.8. The van der Waals surface area contributed by atoms with Crippen molar-refractivity contribution >= 4 is 22.1 Å². The van der Waals surface area contributed by atoms with Crippen molar-refractivity contribution in [2.75, 3.05) is 27.2 Å². The van der Waals surface area contributed by atoms with Crippen LogP contribution >= 0.6 is 0 Å². The molecule has 0 aliphatic heterocycles. The number of primary amides is 1.